The highest BCUT2D eigenvalue weighted by atomic mass is 35.5. The summed E-state index contributed by atoms with van der Waals surface area (Å²) in [6.45, 7) is 0.568. The molecule has 1 unspecified atom stereocenters. The number of nitro groups is 1. The van der Waals surface area contributed by atoms with Gasteiger partial charge in [-0.15, -0.1) is 0 Å². The molecule has 0 aliphatic heterocycles. The van der Waals surface area contributed by atoms with Crippen molar-refractivity contribution in [1.82, 2.24) is 5.32 Å². The number of allylic oxidation sites excluding steroid dienone is 1. The lowest BCUT2D eigenvalue weighted by Gasteiger charge is -2.19. The number of hydrogen-bond donors (Lipinski definition) is 1. The lowest BCUT2D eigenvalue weighted by atomic mass is 10.0. The Morgan fingerprint density at radius 2 is 2.28 bits per heavy atom. The first kappa shape index (κ1) is 13.1. The van der Waals surface area contributed by atoms with E-state index in [2.05, 4.69) is 17.5 Å². The molecule has 1 aliphatic carbocycles. The molecule has 4 nitrogen and oxygen atoms in total. The van der Waals surface area contributed by atoms with Crippen LogP contribution in [0.25, 0.3) is 0 Å². The van der Waals surface area contributed by atoms with Crippen LogP contribution in [0.1, 0.15) is 24.8 Å². The molecule has 5 heteroatoms. The van der Waals surface area contributed by atoms with Gasteiger partial charge in [0.1, 0.15) is 0 Å². The minimum atomic E-state index is -0.400. The summed E-state index contributed by atoms with van der Waals surface area (Å²) < 4.78 is 0. The molecule has 18 heavy (non-hydrogen) atoms. The molecule has 0 amide bonds. The van der Waals surface area contributed by atoms with Crippen molar-refractivity contribution in [2.24, 2.45) is 0 Å². The molecule has 0 spiro atoms. The number of hydrogen-bond acceptors (Lipinski definition) is 3. The van der Waals surface area contributed by atoms with Gasteiger partial charge in [0.25, 0.3) is 5.69 Å². The zero-order valence-corrected chi connectivity index (χ0v) is 10.7. The van der Waals surface area contributed by atoms with E-state index < -0.39 is 4.92 Å². The van der Waals surface area contributed by atoms with Gasteiger partial charge in [0, 0.05) is 29.7 Å². The summed E-state index contributed by atoms with van der Waals surface area (Å²) in [5.41, 5.74) is 0.861. The molecule has 96 valence electrons. The van der Waals surface area contributed by atoms with Crippen LogP contribution in [-0.4, -0.2) is 11.0 Å². The van der Waals surface area contributed by atoms with Gasteiger partial charge in [0.15, 0.2) is 0 Å². The lowest BCUT2D eigenvalue weighted by molar-refractivity contribution is -0.384. The highest BCUT2D eigenvalue weighted by Gasteiger charge is 2.12. The van der Waals surface area contributed by atoms with Gasteiger partial charge in [-0.1, -0.05) is 23.8 Å². The molecule has 1 atom stereocenters. The predicted molar refractivity (Wildman–Crippen MR) is 71.7 cm³/mol. The fourth-order valence-electron chi connectivity index (χ4n) is 2.04. The zero-order chi connectivity index (χ0) is 13.0. The van der Waals surface area contributed by atoms with Gasteiger partial charge < -0.3 is 5.32 Å². The Balaban J connectivity index is 2.01. The largest absolute Gasteiger partial charge is 0.310 e. The molecule has 1 aromatic carbocycles. The van der Waals surface area contributed by atoms with Crippen molar-refractivity contribution in [2.75, 3.05) is 0 Å². The van der Waals surface area contributed by atoms with E-state index in [0.29, 0.717) is 17.6 Å². The van der Waals surface area contributed by atoms with Crippen molar-refractivity contribution < 1.29 is 4.92 Å². The van der Waals surface area contributed by atoms with Gasteiger partial charge in [-0.25, -0.2) is 0 Å². The smallest absolute Gasteiger partial charge is 0.269 e. The van der Waals surface area contributed by atoms with Crippen LogP contribution in [0.5, 0.6) is 0 Å². The van der Waals surface area contributed by atoms with Gasteiger partial charge in [0.2, 0.25) is 0 Å². The number of nitro benzene ring substituents is 1. The van der Waals surface area contributed by atoms with Crippen LogP contribution in [0.3, 0.4) is 0 Å². The van der Waals surface area contributed by atoms with E-state index in [9.17, 15) is 10.1 Å². The van der Waals surface area contributed by atoms with E-state index in [1.807, 2.05) is 0 Å². The summed E-state index contributed by atoms with van der Waals surface area (Å²) in [7, 11) is 0. The molecule has 0 aromatic heterocycles. The summed E-state index contributed by atoms with van der Waals surface area (Å²) in [5, 5.41) is 14.7. The van der Waals surface area contributed by atoms with Crippen molar-refractivity contribution >= 4 is 17.3 Å². The van der Waals surface area contributed by atoms with E-state index in [1.165, 1.54) is 12.1 Å². The maximum absolute atomic E-state index is 10.7. The number of nitrogens with one attached hydrogen (secondary N) is 1. The Morgan fingerprint density at radius 1 is 1.44 bits per heavy atom. The van der Waals surface area contributed by atoms with Gasteiger partial charge in [-0.2, -0.15) is 0 Å². The number of halogens is 1. The third-order valence-corrected chi connectivity index (χ3v) is 3.46. The second-order valence-corrected chi connectivity index (χ2v) is 4.80. The fraction of sp³-hybridized carbons (Fsp3) is 0.385. The molecule has 0 radical (unpaired) electrons. The average molecular weight is 267 g/mol. The van der Waals surface area contributed by atoms with E-state index >= 15 is 0 Å². The minimum absolute atomic E-state index is 0.0831. The van der Waals surface area contributed by atoms with Crippen molar-refractivity contribution in [3.63, 3.8) is 0 Å². The lowest BCUT2D eigenvalue weighted by Crippen LogP contribution is -2.29. The molecular weight excluding hydrogens is 252 g/mol. The number of benzene rings is 1. The molecule has 0 heterocycles. The quantitative estimate of drug-likeness (QED) is 0.516. The number of rotatable bonds is 4. The zero-order valence-electron chi connectivity index (χ0n) is 9.93. The van der Waals surface area contributed by atoms with Crippen LogP contribution in [0, 0.1) is 10.1 Å². The van der Waals surface area contributed by atoms with Crippen molar-refractivity contribution in [2.45, 2.75) is 31.8 Å². The molecule has 0 fully saturated rings. The highest BCUT2D eigenvalue weighted by molar-refractivity contribution is 6.31. The van der Waals surface area contributed by atoms with Crippen molar-refractivity contribution in [3.8, 4) is 0 Å². The Labute approximate surface area is 111 Å². The van der Waals surface area contributed by atoms with Crippen LogP contribution in [0.2, 0.25) is 5.02 Å². The highest BCUT2D eigenvalue weighted by Crippen LogP contribution is 2.22. The summed E-state index contributed by atoms with van der Waals surface area (Å²) in [5.74, 6) is 0. The molecule has 1 N–H and O–H groups in total. The van der Waals surface area contributed by atoms with Crippen LogP contribution in [0.15, 0.2) is 30.4 Å². The first-order chi connectivity index (χ1) is 8.66. The third-order valence-electron chi connectivity index (χ3n) is 3.09. The van der Waals surface area contributed by atoms with Crippen LogP contribution < -0.4 is 5.32 Å². The summed E-state index contributed by atoms with van der Waals surface area (Å²) in [6.07, 6.45) is 7.53. The second-order valence-electron chi connectivity index (χ2n) is 4.40. The minimum Gasteiger partial charge on any atom is -0.310 e. The first-order valence-corrected chi connectivity index (χ1v) is 6.36. The molecular formula is C13H15ClN2O2. The Morgan fingerprint density at radius 3 is 2.94 bits per heavy atom. The molecule has 2 rings (SSSR count). The van der Waals surface area contributed by atoms with E-state index in [1.54, 1.807) is 6.07 Å². The topological polar surface area (TPSA) is 55.2 Å². The van der Waals surface area contributed by atoms with Crippen molar-refractivity contribution in [3.05, 3.63) is 51.1 Å². The molecule has 0 bridgehead atoms. The number of non-ortho nitro benzene ring substituents is 1. The number of nitrogens with zero attached hydrogens (tertiary/aromatic N) is 1. The Kier molecular flexibility index (Phi) is 4.33. The van der Waals surface area contributed by atoms with E-state index in [-0.39, 0.29) is 5.69 Å². The molecule has 1 aliphatic rings. The average Bonchev–Trinajstić information content (AvgIpc) is 2.38. The van der Waals surface area contributed by atoms with Crippen LogP contribution >= 0.6 is 11.6 Å². The fourth-order valence-corrected chi connectivity index (χ4v) is 2.23. The maximum atomic E-state index is 10.7. The molecule has 1 aromatic rings. The third kappa shape index (κ3) is 3.31. The van der Waals surface area contributed by atoms with Crippen LogP contribution in [-0.2, 0) is 6.54 Å². The summed E-state index contributed by atoms with van der Waals surface area (Å²) >= 11 is 6.04. The van der Waals surface area contributed by atoms with E-state index in [0.717, 1.165) is 24.8 Å². The molecule has 0 saturated carbocycles. The summed E-state index contributed by atoms with van der Waals surface area (Å²) in [4.78, 5) is 10.3. The monoisotopic (exact) mass is 266 g/mol. The normalized spacial score (nSPS) is 18.8. The van der Waals surface area contributed by atoms with Gasteiger partial charge in [-0.3, -0.25) is 10.1 Å². The second kappa shape index (κ2) is 5.98. The SMILES string of the molecule is O=[N+]([O-])c1ccc(Cl)c(CNC2CC=CCC2)c1. The van der Waals surface area contributed by atoms with E-state index in [4.69, 9.17) is 11.6 Å². The predicted octanol–water partition coefficient (Wildman–Crippen LogP) is 3.45. The first-order valence-electron chi connectivity index (χ1n) is 5.98. The summed E-state index contributed by atoms with van der Waals surface area (Å²) in [6, 6.07) is 4.98. The van der Waals surface area contributed by atoms with Gasteiger partial charge in [0.05, 0.1) is 4.92 Å². The standard InChI is InChI=1S/C13H15ClN2O2/c14-13-7-6-12(16(17)18)8-10(13)9-15-11-4-2-1-3-5-11/h1-2,6-8,11,15H,3-5,9H2. The van der Waals surface area contributed by atoms with Crippen molar-refractivity contribution in [1.29, 1.82) is 0 Å². The molecule has 0 saturated heterocycles. The van der Waals surface area contributed by atoms with Gasteiger partial charge in [-0.05, 0) is 30.9 Å². The Hall–Kier alpha value is -1.39. The van der Waals surface area contributed by atoms with Crippen LogP contribution in [0.4, 0.5) is 5.69 Å². The van der Waals surface area contributed by atoms with Gasteiger partial charge >= 0.3 is 0 Å². The Bertz CT molecular complexity index is 474. The maximum Gasteiger partial charge on any atom is 0.269 e.